The van der Waals surface area contributed by atoms with Crippen molar-refractivity contribution < 1.29 is 9.53 Å². The minimum absolute atomic E-state index is 0.0225. The number of likely N-dealkylation sites (N-methyl/N-ethyl adjacent to an activating group) is 2. The predicted molar refractivity (Wildman–Crippen MR) is 80.1 cm³/mol. The van der Waals surface area contributed by atoms with Gasteiger partial charge >= 0.3 is 5.97 Å². The van der Waals surface area contributed by atoms with Crippen molar-refractivity contribution in [2.75, 3.05) is 27.7 Å². The number of hydrogen-bond donors (Lipinski definition) is 0. The second kappa shape index (κ2) is 6.09. The van der Waals surface area contributed by atoms with Gasteiger partial charge in [-0.1, -0.05) is 30.3 Å². The van der Waals surface area contributed by atoms with Crippen LogP contribution < -0.4 is 0 Å². The summed E-state index contributed by atoms with van der Waals surface area (Å²) < 4.78 is 5.22. The molecule has 0 N–H and O–H groups in total. The summed E-state index contributed by atoms with van der Waals surface area (Å²) in [5.74, 6) is -0.170. The highest BCUT2D eigenvalue weighted by Gasteiger charge is 2.39. The van der Waals surface area contributed by atoms with Gasteiger partial charge in [0.05, 0.1) is 12.6 Å². The molecule has 1 aliphatic heterocycles. The third-order valence-corrected chi connectivity index (χ3v) is 3.64. The molecule has 1 aromatic rings. The van der Waals surface area contributed by atoms with Gasteiger partial charge in [-0.3, -0.25) is 0 Å². The summed E-state index contributed by atoms with van der Waals surface area (Å²) in [6.07, 6.45) is 2.14. The van der Waals surface area contributed by atoms with Crippen molar-refractivity contribution >= 4 is 11.7 Å². The van der Waals surface area contributed by atoms with Gasteiger partial charge in [0, 0.05) is 12.7 Å². The number of carbonyl (C=O) groups excluding carboxylic acids is 1. The van der Waals surface area contributed by atoms with Crippen LogP contribution in [0.4, 0.5) is 0 Å². The van der Waals surface area contributed by atoms with E-state index < -0.39 is 0 Å². The fourth-order valence-corrected chi connectivity index (χ4v) is 2.61. The molecular weight excluding hydrogens is 252 g/mol. The summed E-state index contributed by atoms with van der Waals surface area (Å²) in [6.45, 7) is 2.24. The summed E-state index contributed by atoms with van der Waals surface area (Å²) in [5.41, 5.74) is 2.19. The van der Waals surface area contributed by atoms with E-state index in [9.17, 15) is 4.79 Å². The van der Waals surface area contributed by atoms with Crippen molar-refractivity contribution in [1.82, 2.24) is 9.80 Å². The van der Waals surface area contributed by atoms with Crippen LogP contribution in [-0.2, 0) is 9.53 Å². The molecule has 2 rings (SSSR count). The zero-order chi connectivity index (χ0) is 14.7. The van der Waals surface area contributed by atoms with Crippen LogP contribution in [0.25, 0.3) is 5.70 Å². The number of nitrogens with zero attached hydrogens (tertiary/aromatic N) is 2. The van der Waals surface area contributed by atoms with E-state index >= 15 is 0 Å². The second-order valence-electron chi connectivity index (χ2n) is 5.18. The van der Waals surface area contributed by atoms with Crippen LogP contribution in [-0.4, -0.2) is 55.6 Å². The van der Waals surface area contributed by atoms with E-state index in [0.29, 0.717) is 6.61 Å². The topological polar surface area (TPSA) is 32.8 Å². The van der Waals surface area contributed by atoms with Crippen molar-refractivity contribution in [2.45, 2.75) is 19.0 Å². The SMILES string of the molecule is CCOC(=O)[C@H]1[C@H](N(C)C)C=C(c2ccccc2)N1C. The van der Waals surface area contributed by atoms with E-state index in [1.807, 2.05) is 56.1 Å². The highest BCUT2D eigenvalue weighted by Crippen LogP contribution is 2.31. The van der Waals surface area contributed by atoms with Gasteiger partial charge in [-0.25, -0.2) is 4.79 Å². The molecule has 4 heteroatoms. The average molecular weight is 274 g/mol. The Morgan fingerprint density at radius 1 is 1.30 bits per heavy atom. The minimum atomic E-state index is -0.292. The summed E-state index contributed by atoms with van der Waals surface area (Å²) in [5, 5.41) is 0. The van der Waals surface area contributed by atoms with Gasteiger partial charge in [0.2, 0.25) is 0 Å². The molecule has 4 nitrogen and oxygen atoms in total. The first kappa shape index (κ1) is 14.6. The van der Waals surface area contributed by atoms with E-state index in [2.05, 4.69) is 18.2 Å². The van der Waals surface area contributed by atoms with Crippen LogP contribution in [0.1, 0.15) is 12.5 Å². The fraction of sp³-hybridized carbons (Fsp3) is 0.438. The molecule has 0 bridgehead atoms. The van der Waals surface area contributed by atoms with Crippen LogP contribution >= 0.6 is 0 Å². The lowest BCUT2D eigenvalue weighted by molar-refractivity contribution is -0.148. The van der Waals surface area contributed by atoms with Gasteiger partial charge in [0.15, 0.2) is 0 Å². The van der Waals surface area contributed by atoms with Gasteiger partial charge in [-0.05, 0) is 32.7 Å². The van der Waals surface area contributed by atoms with Crippen LogP contribution in [0.15, 0.2) is 36.4 Å². The van der Waals surface area contributed by atoms with Crippen LogP contribution in [0.5, 0.6) is 0 Å². The zero-order valence-corrected chi connectivity index (χ0v) is 12.5. The standard InChI is InChI=1S/C16H22N2O2/c1-5-20-16(19)15-14(17(2)3)11-13(18(15)4)12-9-7-6-8-10-12/h6-11,14-15H,5H2,1-4H3/t14-,15-/m1/s1. The molecule has 1 aromatic carbocycles. The molecular formula is C16H22N2O2. The Kier molecular flexibility index (Phi) is 4.45. The van der Waals surface area contributed by atoms with E-state index in [4.69, 9.17) is 4.74 Å². The fourth-order valence-electron chi connectivity index (χ4n) is 2.61. The van der Waals surface area contributed by atoms with Crippen molar-refractivity contribution in [3.05, 3.63) is 42.0 Å². The number of esters is 1. The first-order chi connectivity index (χ1) is 9.56. The van der Waals surface area contributed by atoms with Gasteiger partial charge in [0.25, 0.3) is 0 Å². The maximum atomic E-state index is 12.2. The zero-order valence-electron chi connectivity index (χ0n) is 12.5. The van der Waals surface area contributed by atoms with Crippen molar-refractivity contribution in [3.63, 3.8) is 0 Å². The number of benzene rings is 1. The lowest BCUT2D eigenvalue weighted by Crippen LogP contribution is -2.47. The Morgan fingerprint density at radius 2 is 1.95 bits per heavy atom. The summed E-state index contributed by atoms with van der Waals surface area (Å²) in [4.78, 5) is 16.3. The molecule has 0 unspecified atom stereocenters. The number of carbonyl (C=O) groups is 1. The quantitative estimate of drug-likeness (QED) is 0.784. The lowest BCUT2D eigenvalue weighted by Gasteiger charge is -2.29. The normalized spacial score (nSPS) is 22.1. The highest BCUT2D eigenvalue weighted by atomic mass is 16.5. The Hall–Kier alpha value is -1.81. The van der Waals surface area contributed by atoms with E-state index in [1.165, 1.54) is 0 Å². The summed E-state index contributed by atoms with van der Waals surface area (Å²) in [7, 11) is 5.91. The maximum absolute atomic E-state index is 12.2. The number of hydrogen-bond acceptors (Lipinski definition) is 4. The van der Waals surface area contributed by atoms with Gasteiger partial charge < -0.3 is 14.5 Å². The first-order valence-corrected chi connectivity index (χ1v) is 6.89. The summed E-state index contributed by atoms with van der Waals surface area (Å²) in [6, 6.07) is 9.85. The third-order valence-electron chi connectivity index (χ3n) is 3.64. The lowest BCUT2D eigenvalue weighted by atomic mass is 10.1. The van der Waals surface area contributed by atoms with Crippen molar-refractivity contribution in [1.29, 1.82) is 0 Å². The molecule has 0 aliphatic carbocycles. The van der Waals surface area contributed by atoms with Crippen molar-refractivity contribution in [2.24, 2.45) is 0 Å². The molecule has 0 spiro atoms. The molecule has 0 saturated carbocycles. The second-order valence-corrected chi connectivity index (χ2v) is 5.18. The van der Waals surface area contributed by atoms with Gasteiger partial charge in [-0.15, -0.1) is 0 Å². The molecule has 2 atom stereocenters. The van der Waals surface area contributed by atoms with Gasteiger partial charge in [-0.2, -0.15) is 0 Å². The smallest absolute Gasteiger partial charge is 0.330 e. The van der Waals surface area contributed by atoms with Gasteiger partial charge in [0.1, 0.15) is 6.04 Å². The Morgan fingerprint density at radius 3 is 2.50 bits per heavy atom. The highest BCUT2D eigenvalue weighted by molar-refractivity contribution is 5.83. The predicted octanol–water partition coefficient (Wildman–Crippen LogP) is 1.83. The molecule has 108 valence electrons. The van der Waals surface area contributed by atoms with Crippen LogP contribution in [0.3, 0.4) is 0 Å². The number of rotatable bonds is 4. The average Bonchev–Trinajstić information content (AvgIpc) is 2.78. The monoisotopic (exact) mass is 274 g/mol. The Bertz CT molecular complexity index is 496. The molecule has 1 aliphatic rings. The minimum Gasteiger partial charge on any atom is -0.464 e. The van der Waals surface area contributed by atoms with Crippen LogP contribution in [0.2, 0.25) is 0 Å². The number of ether oxygens (including phenoxy) is 1. The molecule has 20 heavy (non-hydrogen) atoms. The maximum Gasteiger partial charge on any atom is 0.330 e. The first-order valence-electron chi connectivity index (χ1n) is 6.89. The molecule has 0 amide bonds. The Balaban J connectivity index is 2.32. The molecule has 0 aromatic heterocycles. The van der Waals surface area contributed by atoms with E-state index in [1.54, 1.807) is 0 Å². The molecule has 0 saturated heterocycles. The van der Waals surface area contributed by atoms with Crippen molar-refractivity contribution in [3.8, 4) is 0 Å². The molecule has 0 fully saturated rings. The molecule has 1 heterocycles. The van der Waals surface area contributed by atoms with E-state index in [0.717, 1.165) is 11.3 Å². The largest absolute Gasteiger partial charge is 0.464 e. The Labute approximate surface area is 120 Å². The van der Waals surface area contributed by atoms with E-state index in [-0.39, 0.29) is 18.1 Å². The summed E-state index contributed by atoms with van der Waals surface area (Å²) >= 11 is 0. The van der Waals surface area contributed by atoms with Crippen LogP contribution in [0, 0.1) is 0 Å². The molecule has 0 radical (unpaired) electrons. The third kappa shape index (κ3) is 2.70.